The van der Waals surface area contributed by atoms with Gasteiger partial charge in [0.1, 0.15) is 5.75 Å². The van der Waals surface area contributed by atoms with Crippen molar-refractivity contribution >= 4 is 28.7 Å². The molecule has 0 aliphatic rings. The zero-order valence-electron chi connectivity index (χ0n) is 12.3. The van der Waals surface area contributed by atoms with E-state index < -0.39 is 17.1 Å². The van der Waals surface area contributed by atoms with Crippen molar-refractivity contribution in [2.75, 3.05) is 6.61 Å². The molecule has 1 rings (SSSR count). The van der Waals surface area contributed by atoms with Crippen molar-refractivity contribution in [3.8, 4) is 5.75 Å². The molecular formula is C13H23ClO3Si2. The number of para-hydroxylation sites is 1. The standard InChI is InChI=1S/C13H23ClO3Si2/c1-6-11-15-18(2,3)17-19(4,5)16-13-10-8-7-9-12(13)14/h7-10H,6,11H2,1-5H3. The number of hydrogen-bond donors (Lipinski definition) is 0. The van der Waals surface area contributed by atoms with E-state index in [-0.39, 0.29) is 0 Å². The smallest absolute Gasteiger partial charge is 0.383 e. The SMILES string of the molecule is CCCO[Si](C)(C)O[Si](C)(C)Oc1ccccc1Cl. The van der Waals surface area contributed by atoms with E-state index in [1.165, 1.54) is 0 Å². The Bertz CT molecular complexity index is 411. The maximum atomic E-state index is 6.16. The Balaban J connectivity index is 2.68. The molecule has 0 N–H and O–H groups in total. The molecule has 0 fully saturated rings. The predicted molar refractivity (Wildman–Crippen MR) is 84.4 cm³/mol. The van der Waals surface area contributed by atoms with Crippen molar-refractivity contribution in [3.63, 3.8) is 0 Å². The number of rotatable bonds is 7. The first-order valence-corrected chi connectivity index (χ1v) is 12.5. The molecular weight excluding hydrogens is 296 g/mol. The minimum Gasteiger partial charge on any atom is -0.520 e. The molecule has 0 unspecified atom stereocenters. The number of hydrogen-bond acceptors (Lipinski definition) is 3. The zero-order valence-corrected chi connectivity index (χ0v) is 15.1. The van der Waals surface area contributed by atoms with Gasteiger partial charge in [0.25, 0.3) is 0 Å². The van der Waals surface area contributed by atoms with Gasteiger partial charge in [-0.15, -0.1) is 0 Å². The summed E-state index contributed by atoms with van der Waals surface area (Å²) in [5.41, 5.74) is 0. The lowest BCUT2D eigenvalue weighted by atomic mass is 10.3. The van der Waals surface area contributed by atoms with E-state index in [4.69, 9.17) is 24.6 Å². The molecule has 1 aromatic carbocycles. The van der Waals surface area contributed by atoms with Crippen LogP contribution < -0.4 is 4.43 Å². The third kappa shape index (κ3) is 6.10. The normalized spacial score (nSPS) is 12.5. The molecule has 1 aromatic rings. The van der Waals surface area contributed by atoms with Crippen LogP contribution in [0.2, 0.25) is 31.2 Å². The van der Waals surface area contributed by atoms with E-state index in [1.807, 2.05) is 50.5 Å². The molecule has 0 aliphatic heterocycles. The van der Waals surface area contributed by atoms with Gasteiger partial charge in [-0.3, -0.25) is 0 Å². The van der Waals surface area contributed by atoms with Crippen LogP contribution in [0.25, 0.3) is 0 Å². The molecule has 0 spiro atoms. The molecule has 0 saturated heterocycles. The van der Waals surface area contributed by atoms with Gasteiger partial charge in [0.05, 0.1) is 5.02 Å². The molecule has 108 valence electrons. The molecule has 0 saturated carbocycles. The Morgan fingerprint density at radius 1 is 1.05 bits per heavy atom. The fourth-order valence-electron chi connectivity index (χ4n) is 1.78. The molecule has 0 bridgehead atoms. The Kier molecular flexibility index (Phi) is 6.07. The maximum absolute atomic E-state index is 6.16. The maximum Gasteiger partial charge on any atom is 0.383 e. The summed E-state index contributed by atoms with van der Waals surface area (Å²) in [5, 5.41) is 0.612. The highest BCUT2D eigenvalue weighted by atomic mass is 35.5. The van der Waals surface area contributed by atoms with Crippen molar-refractivity contribution < 1.29 is 13.0 Å². The fraction of sp³-hybridized carbons (Fsp3) is 0.538. The van der Waals surface area contributed by atoms with Crippen molar-refractivity contribution in [2.45, 2.75) is 39.5 Å². The second-order valence-corrected chi connectivity index (χ2v) is 12.6. The predicted octanol–water partition coefficient (Wildman–Crippen LogP) is 4.57. The van der Waals surface area contributed by atoms with Crippen LogP contribution in [0.5, 0.6) is 5.75 Å². The average molecular weight is 319 g/mol. The summed E-state index contributed by atoms with van der Waals surface area (Å²) in [4.78, 5) is 0. The Labute approximate surface area is 123 Å². The first-order valence-electron chi connectivity index (χ1n) is 6.53. The van der Waals surface area contributed by atoms with Crippen molar-refractivity contribution in [1.29, 1.82) is 0 Å². The monoisotopic (exact) mass is 318 g/mol. The molecule has 0 aromatic heterocycles. The third-order valence-corrected chi connectivity index (χ3v) is 8.19. The summed E-state index contributed by atoms with van der Waals surface area (Å²) in [6, 6.07) is 7.47. The second-order valence-electron chi connectivity index (χ2n) is 5.28. The van der Waals surface area contributed by atoms with E-state index in [0.717, 1.165) is 13.0 Å². The summed E-state index contributed by atoms with van der Waals surface area (Å²) in [7, 11) is -4.45. The first kappa shape index (κ1) is 16.7. The molecule has 0 aliphatic carbocycles. The van der Waals surface area contributed by atoms with Crippen LogP contribution in [0.15, 0.2) is 24.3 Å². The van der Waals surface area contributed by atoms with E-state index in [1.54, 1.807) is 0 Å². The van der Waals surface area contributed by atoms with Gasteiger partial charge >= 0.3 is 17.1 Å². The van der Waals surface area contributed by atoms with Crippen LogP contribution >= 0.6 is 11.6 Å². The van der Waals surface area contributed by atoms with Gasteiger partial charge in [0, 0.05) is 6.61 Å². The summed E-state index contributed by atoms with van der Waals surface area (Å²) in [5.74, 6) is 0.682. The molecule has 0 heterocycles. The van der Waals surface area contributed by atoms with Crippen molar-refractivity contribution in [1.82, 2.24) is 0 Å². The van der Waals surface area contributed by atoms with Crippen LogP contribution in [0.4, 0.5) is 0 Å². The highest BCUT2D eigenvalue weighted by molar-refractivity contribution is 6.79. The van der Waals surface area contributed by atoms with Gasteiger partial charge in [-0.25, -0.2) is 0 Å². The highest BCUT2D eigenvalue weighted by Crippen LogP contribution is 2.27. The lowest BCUT2D eigenvalue weighted by molar-refractivity contribution is 0.231. The quantitative estimate of drug-likeness (QED) is 0.689. The molecule has 0 radical (unpaired) electrons. The number of halogens is 1. The van der Waals surface area contributed by atoms with E-state index in [9.17, 15) is 0 Å². The van der Waals surface area contributed by atoms with Crippen molar-refractivity contribution in [3.05, 3.63) is 29.3 Å². The van der Waals surface area contributed by atoms with Crippen LogP contribution in [0.1, 0.15) is 13.3 Å². The fourth-order valence-corrected chi connectivity index (χ4v) is 8.56. The molecule has 0 atom stereocenters. The Morgan fingerprint density at radius 2 is 1.68 bits per heavy atom. The topological polar surface area (TPSA) is 27.7 Å². The zero-order chi connectivity index (χ0) is 14.5. The van der Waals surface area contributed by atoms with Gasteiger partial charge in [-0.1, -0.05) is 30.7 Å². The lowest BCUT2D eigenvalue weighted by Gasteiger charge is -2.33. The highest BCUT2D eigenvalue weighted by Gasteiger charge is 2.38. The van der Waals surface area contributed by atoms with Crippen LogP contribution in [-0.2, 0) is 8.54 Å². The van der Waals surface area contributed by atoms with Crippen LogP contribution in [0, 0.1) is 0 Å². The van der Waals surface area contributed by atoms with Crippen LogP contribution in [0.3, 0.4) is 0 Å². The minimum atomic E-state index is -2.31. The number of benzene rings is 1. The molecule has 6 heteroatoms. The van der Waals surface area contributed by atoms with Gasteiger partial charge in [0.2, 0.25) is 0 Å². The third-order valence-electron chi connectivity index (χ3n) is 2.34. The van der Waals surface area contributed by atoms with Gasteiger partial charge in [0.15, 0.2) is 0 Å². The molecule has 0 amide bonds. The van der Waals surface area contributed by atoms with Gasteiger partial charge in [-0.05, 0) is 44.7 Å². The first-order chi connectivity index (χ1) is 8.76. The van der Waals surface area contributed by atoms with Gasteiger partial charge in [-0.2, -0.15) is 0 Å². The largest absolute Gasteiger partial charge is 0.520 e. The van der Waals surface area contributed by atoms with E-state index >= 15 is 0 Å². The summed E-state index contributed by atoms with van der Waals surface area (Å²) < 4.78 is 18.0. The van der Waals surface area contributed by atoms with E-state index in [0.29, 0.717) is 10.8 Å². The molecule has 19 heavy (non-hydrogen) atoms. The summed E-state index contributed by atoms with van der Waals surface area (Å²) >= 11 is 6.11. The minimum absolute atomic E-state index is 0.612. The summed E-state index contributed by atoms with van der Waals surface area (Å²) in [6.45, 7) is 10.9. The van der Waals surface area contributed by atoms with Crippen LogP contribution in [-0.4, -0.2) is 23.7 Å². The average Bonchev–Trinajstić information content (AvgIpc) is 2.28. The Morgan fingerprint density at radius 3 is 2.26 bits per heavy atom. The molecule has 3 nitrogen and oxygen atoms in total. The van der Waals surface area contributed by atoms with Gasteiger partial charge < -0.3 is 13.0 Å². The van der Waals surface area contributed by atoms with E-state index in [2.05, 4.69) is 6.92 Å². The summed E-state index contributed by atoms with van der Waals surface area (Å²) in [6.07, 6.45) is 0.993. The second kappa shape index (κ2) is 6.90. The Hall–Kier alpha value is -0.336. The van der Waals surface area contributed by atoms with Crippen molar-refractivity contribution in [2.24, 2.45) is 0 Å². The lowest BCUT2D eigenvalue weighted by Crippen LogP contribution is -2.50.